The van der Waals surface area contributed by atoms with Crippen LogP contribution in [0.4, 0.5) is 0 Å². The quantitative estimate of drug-likeness (QED) is 0.668. The van der Waals surface area contributed by atoms with E-state index in [1.165, 1.54) is 0 Å². The number of halogens is 2. The number of hydrogen-bond donors (Lipinski definition) is 0. The Bertz CT molecular complexity index is 448. The normalized spacial score (nSPS) is 11.0. The summed E-state index contributed by atoms with van der Waals surface area (Å²) in [5, 5.41) is 0.719. The summed E-state index contributed by atoms with van der Waals surface area (Å²) in [5.74, 6) is 1.28. The number of nitrogens with zero attached hydrogens (tertiary/aromatic N) is 2. The summed E-state index contributed by atoms with van der Waals surface area (Å²) in [4.78, 5) is 4.34. The molecule has 0 unspecified atom stereocenters. The summed E-state index contributed by atoms with van der Waals surface area (Å²) >= 11 is 11.6. The molecule has 0 saturated heterocycles. The zero-order valence-electron chi connectivity index (χ0n) is 7.09. The lowest BCUT2D eigenvalue weighted by molar-refractivity contribution is 0.874. The van der Waals surface area contributed by atoms with Gasteiger partial charge in [0.1, 0.15) is 5.82 Å². The molecule has 0 atom stereocenters. The number of aromatic nitrogens is 2. The molecular weight excluding hydrogens is 207 g/mol. The summed E-state index contributed by atoms with van der Waals surface area (Å²) in [6.07, 6.45) is 0. The van der Waals surface area contributed by atoms with Crippen LogP contribution in [0.5, 0.6) is 0 Å². The van der Waals surface area contributed by atoms with Gasteiger partial charge in [-0.15, -0.1) is 11.6 Å². The van der Waals surface area contributed by atoms with Crippen LogP contribution in [0.25, 0.3) is 11.0 Å². The van der Waals surface area contributed by atoms with E-state index in [1.54, 1.807) is 0 Å². The number of aryl methyl sites for hydroxylation is 1. The molecule has 0 aliphatic rings. The van der Waals surface area contributed by atoms with E-state index in [1.807, 2.05) is 29.8 Å². The van der Waals surface area contributed by atoms with Crippen LogP contribution >= 0.6 is 23.2 Å². The first-order chi connectivity index (χ1) is 6.22. The van der Waals surface area contributed by atoms with Crippen molar-refractivity contribution in [3.8, 4) is 0 Å². The lowest BCUT2D eigenvalue weighted by atomic mass is 10.3. The van der Waals surface area contributed by atoms with Crippen LogP contribution in [-0.2, 0) is 12.9 Å². The average Bonchev–Trinajstić information content (AvgIpc) is 2.44. The van der Waals surface area contributed by atoms with Gasteiger partial charge in [-0.1, -0.05) is 11.6 Å². The van der Waals surface area contributed by atoms with Crippen LogP contribution in [0.1, 0.15) is 5.82 Å². The monoisotopic (exact) mass is 214 g/mol. The van der Waals surface area contributed by atoms with Crippen LogP contribution in [0.15, 0.2) is 18.2 Å². The summed E-state index contributed by atoms with van der Waals surface area (Å²) in [6.45, 7) is 0. The maximum atomic E-state index is 5.87. The van der Waals surface area contributed by atoms with E-state index in [2.05, 4.69) is 4.98 Å². The molecule has 4 heteroatoms. The third kappa shape index (κ3) is 1.40. The van der Waals surface area contributed by atoms with Crippen LogP contribution in [0.2, 0.25) is 5.02 Å². The zero-order chi connectivity index (χ0) is 9.42. The van der Waals surface area contributed by atoms with Crippen molar-refractivity contribution in [1.82, 2.24) is 9.55 Å². The molecular formula is C9H8Cl2N2. The fourth-order valence-electron chi connectivity index (χ4n) is 1.33. The number of rotatable bonds is 1. The molecule has 0 fully saturated rings. The lowest BCUT2D eigenvalue weighted by Gasteiger charge is -1.97. The third-order valence-corrected chi connectivity index (χ3v) is 2.53. The highest BCUT2D eigenvalue weighted by atomic mass is 35.5. The minimum atomic E-state index is 0.419. The molecule has 0 N–H and O–H groups in total. The SMILES string of the molecule is Cn1c(CCl)nc2ccc(Cl)cc21. The Kier molecular flexibility index (Phi) is 2.18. The van der Waals surface area contributed by atoms with E-state index >= 15 is 0 Å². The maximum absolute atomic E-state index is 5.87. The van der Waals surface area contributed by atoms with Gasteiger partial charge in [0, 0.05) is 12.1 Å². The first kappa shape index (κ1) is 8.85. The highest BCUT2D eigenvalue weighted by Gasteiger charge is 2.05. The predicted octanol–water partition coefficient (Wildman–Crippen LogP) is 2.97. The van der Waals surface area contributed by atoms with Gasteiger partial charge in [-0.25, -0.2) is 4.98 Å². The second-order valence-electron chi connectivity index (χ2n) is 2.85. The molecule has 68 valence electrons. The Morgan fingerprint density at radius 2 is 2.23 bits per heavy atom. The number of benzene rings is 1. The van der Waals surface area contributed by atoms with Gasteiger partial charge in [-0.2, -0.15) is 0 Å². The highest BCUT2D eigenvalue weighted by molar-refractivity contribution is 6.31. The minimum Gasteiger partial charge on any atom is -0.330 e. The van der Waals surface area contributed by atoms with Crippen molar-refractivity contribution in [1.29, 1.82) is 0 Å². The van der Waals surface area contributed by atoms with E-state index in [-0.39, 0.29) is 0 Å². The van der Waals surface area contributed by atoms with Gasteiger partial charge < -0.3 is 4.57 Å². The van der Waals surface area contributed by atoms with Gasteiger partial charge in [-0.3, -0.25) is 0 Å². The van der Waals surface area contributed by atoms with E-state index in [4.69, 9.17) is 23.2 Å². The van der Waals surface area contributed by atoms with Crippen LogP contribution in [-0.4, -0.2) is 9.55 Å². The van der Waals surface area contributed by atoms with Gasteiger partial charge in [0.25, 0.3) is 0 Å². The van der Waals surface area contributed by atoms with Crippen LogP contribution in [0.3, 0.4) is 0 Å². The first-order valence-electron chi connectivity index (χ1n) is 3.89. The van der Waals surface area contributed by atoms with Crippen molar-refractivity contribution in [2.24, 2.45) is 7.05 Å². The fraction of sp³-hybridized carbons (Fsp3) is 0.222. The Balaban J connectivity index is 2.77. The number of imidazole rings is 1. The molecule has 13 heavy (non-hydrogen) atoms. The number of alkyl halides is 1. The van der Waals surface area contributed by atoms with Gasteiger partial charge >= 0.3 is 0 Å². The Labute approximate surface area is 86.1 Å². The lowest BCUT2D eigenvalue weighted by Crippen LogP contribution is -1.93. The average molecular weight is 215 g/mol. The van der Waals surface area contributed by atoms with Crippen LogP contribution in [0, 0.1) is 0 Å². The van der Waals surface area contributed by atoms with Crippen molar-refractivity contribution >= 4 is 34.2 Å². The molecule has 0 aliphatic carbocycles. The molecule has 0 bridgehead atoms. The fourth-order valence-corrected chi connectivity index (χ4v) is 1.74. The summed E-state index contributed by atoms with van der Waals surface area (Å²) < 4.78 is 1.95. The zero-order valence-corrected chi connectivity index (χ0v) is 8.60. The molecule has 0 amide bonds. The molecule has 1 heterocycles. The molecule has 0 aliphatic heterocycles. The molecule has 1 aromatic heterocycles. The first-order valence-corrected chi connectivity index (χ1v) is 4.80. The molecule has 0 spiro atoms. The second kappa shape index (κ2) is 3.20. The van der Waals surface area contributed by atoms with Crippen molar-refractivity contribution < 1.29 is 0 Å². The van der Waals surface area contributed by atoms with E-state index in [0.29, 0.717) is 5.88 Å². The van der Waals surface area contributed by atoms with Crippen molar-refractivity contribution in [2.45, 2.75) is 5.88 Å². The summed E-state index contributed by atoms with van der Waals surface area (Å²) in [6, 6.07) is 5.61. The van der Waals surface area contributed by atoms with Gasteiger partial charge in [-0.05, 0) is 18.2 Å². The largest absolute Gasteiger partial charge is 0.330 e. The van der Waals surface area contributed by atoms with Crippen molar-refractivity contribution in [3.63, 3.8) is 0 Å². The molecule has 2 aromatic rings. The van der Waals surface area contributed by atoms with Crippen molar-refractivity contribution in [3.05, 3.63) is 29.0 Å². The molecule has 1 aromatic carbocycles. The van der Waals surface area contributed by atoms with Crippen molar-refractivity contribution in [2.75, 3.05) is 0 Å². The third-order valence-electron chi connectivity index (χ3n) is 2.06. The number of fused-ring (bicyclic) bond motifs is 1. The maximum Gasteiger partial charge on any atom is 0.124 e. The highest BCUT2D eigenvalue weighted by Crippen LogP contribution is 2.20. The smallest absolute Gasteiger partial charge is 0.124 e. The van der Waals surface area contributed by atoms with Crippen LogP contribution < -0.4 is 0 Å². The second-order valence-corrected chi connectivity index (χ2v) is 3.56. The predicted molar refractivity (Wildman–Crippen MR) is 55.3 cm³/mol. The molecule has 0 saturated carbocycles. The molecule has 2 nitrogen and oxygen atoms in total. The van der Waals surface area contributed by atoms with Gasteiger partial charge in [0.15, 0.2) is 0 Å². The van der Waals surface area contributed by atoms with E-state index in [0.717, 1.165) is 21.9 Å². The Morgan fingerprint density at radius 1 is 1.46 bits per heavy atom. The number of hydrogen-bond acceptors (Lipinski definition) is 1. The van der Waals surface area contributed by atoms with Gasteiger partial charge in [0.05, 0.1) is 16.9 Å². The van der Waals surface area contributed by atoms with Gasteiger partial charge in [0.2, 0.25) is 0 Å². The summed E-state index contributed by atoms with van der Waals surface area (Å²) in [7, 11) is 1.93. The standard InChI is InChI=1S/C9H8Cl2N2/c1-13-8-4-6(11)2-3-7(8)12-9(13)5-10/h2-4H,5H2,1H3. The van der Waals surface area contributed by atoms with E-state index in [9.17, 15) is 0 Å². The topological polar surface area (TPSA) is 17.8 Å². The molecule has 0 radical (unpaired) electrons. The Hall–Kier alpha value is -0.730. The molecule has 2 rings (SSSR count). The van der Waals surface area contributed by atoms with E-state index < -0.39 is 0 Å². The minimum absolute atomic E-state index is 0.419. The summed E-state index contributed by atoms with van der Waals surface area (Å²) in [5.41, 5.74) is 1.95. The Morgan fingerprint density at radius 3 is 2.92 bits per heavy atom.